The van der Waals surface area contributed by atoms with Crippen LogP contribution in [-0.4, -0.2) is 40.4 Å². The third kappa shape index (κ3) is 7.78. The first-order valence-corrected chi connectivity index (χ1v) is 12.0. The predicted octanol–water partition coefficient (Wildman–Crippen LogP) is 5.14. The zero-order chi connectivity index (χ0) is 28.1. The highest BCUT2D eigenvalue weighted by Gasteiger charge is 2.31. The molecule has 0 spiro atoms. The SMILES string of the molecule is CC(C(=O)NCc1cc(C(C)(C)C)nn1-c1cccc(OC(F)(F)F)c1)c1ccc(COCCO)c(F)c1. The second-order valence-corrected chi connectivity index (χ2v) is 9.79. The summed E-state index contributed by atoms with van der Waals surface area (Å²) >= 11 is 0. The molecule has 1 atom stereocenters. The van der Waals surface area contributed by atoms with E-state index in [0.29, 0.717) is 28.2 Å². The number of rotatable bonds is 10. The molecule has 3 rings (SSSR count). The van der Waals surface area contributed by atoms with Gasteiger partial charge >= 0.3 is 6.36 Å². The summed E-state index contributed by atoms with van der Waals surface area (Å²) in [6.45, 7) is 7.44. The van der Waals surface area contributed by atoms with E-state index >= 15 is 0 Å². The van der Waals surface area contributed by atoms with Crippen LogP contribution in [0.5, 0.6) is 5.75 Å². The van der Waals surface area contributed by atoms with Crippen LogP contribution >= 0.6 is 0 Å². The number of amides is 1. The highest BCUT2D eigenvalue weighted by atomic mass is 19.4. The molecular formula is C27H31F4N3O4. The topological polar surface area (TPSA) is 85.6 Å². The first-order valence-electron chi connectivity index (χ1n) is 12.0. The number of aliphatic hydroxyl groups is 1. The Labute approximate surface area is 218 Å². The van der Waals surface area contributed by atoms with Crippen LogP contribution in [0.25, 0.3) is 5.69 Å². The Bertz CT molecular complexity index is 1250. The molecular weight excluding hydrogens is 506 g/mol. The molecule has 1 aromatic heterocycles. The monoisotopic (exact) mass is 537 g/mol. The number of benzene rings is 2. The Hall–Kier alpha value is -3.44. The number of halogens is 4. The van der Waals surface area contributed by atoms with Gasteiger partial charge in [-0.3, -0.25) is 4.79 Å². The fourth-order valence-corrected chi connectivity index (χ4v) is 3.63. The minimum absolute atomic E-state index is 0.00254. The summed E-state index contributed by atoms with van der Waals surface area (Å²) in [5, 5.41) is 16.2. The summed E-state index contributed by atoms with van der Waals surface area (Å²) < 4.78 is 63.3. The van der Waals surface area contributed by atoms with E-state index in [0.717, 1.165) is 0 Å². The second-order valence-electron chi connectivity index (χ2n) is 9.79. The predicted molar refractivity (Wildman–Crippen MR) is 132 cm³/mol. The van der Waals surface area contributed by atoms with E-state index in [4.69, 9.17) is 9.84 Å². The van der Waals surface area contributed by atoms with E-state index in [-0.39, 0.29) is 37.7 Å². The molecule has 1 amide bonds. The second kappa shape index (κ2) is 12.0. The van der Waals surface area contributed by atoms with Gasteiger partial charge < -0.3 is 19.9 Å². The maximum Gasteiger partial charge on any atom is 0.573 e. The van der Waals surface area contributed by atoms with Gasteiger partial charge in [0.25, 0.3) is 0 Å². The molecule has 0 bridgehead atoms. The van der Waals surface area contributed by atoms with Crippen LogP contribution in [-0.2, 0) is 28.1 Å². The van der Waals surface area contributed by atoms with E-state index in [2.05, 4.69) is 15.2 Å². The fourth-order valence-electron chi connectivity index (χ4n) is 3.63. The average molecular weight is 538 g/mol. The molecule has 0 saturated carbocycles. The smallest absolute Gasteiger partial charge is 0.406 e. The quantitative estimate of drug-likeness (QED) is 0.277. The molecule has 0 aliphatic rings. The Morgan fingerprint density at radius 1 is 1.13 bits per heavy atom. The molecule has 0 fully saturated rings. The Morgan fingerprint density at radius 3 is 2.50 bits per heavy atom. The number of carbonyl (C=O) groups excluding carboxylic acids is 1. The first-order chi connectivity index (χ1) is 17.8. The lowest BCUT2D eigenvalue weighted by molar-refractivity contribution is -0.274. The number of hydrogen-bond acceptors (Lipinski definition) is 5. The van der Waals surface area contributed by atoms with E-state index < -0.39 is 23.8 Å². The van der Waals surface area contributed by atoms with Crippen molar-refractivity contribution in [2.45, 2.75) is 58.5 Å². The van der Waals surface area contributed by atoms with E-state index in [1.54, 1.807) is 25.1 Å². The Balaban J connectivity index is 1.79. The molecule has 0 saturated heterocycles. The van der Waals surface area contributed by atoms with Crippen LogP contribution in [0.2, 0.25) is 0 Å². The lowest BCUT2D eigenvalue weighted by Gasteiger charge is -2.15. The van der Waals surface area contributed by atoms with E-state index in [1.807, 2.05) is 20.8 Å². The van der Waals surface area contributed by atoms with Gasteiger partial charge in [-0.2, -0.15) is 5.10 Å². The zero-order valence-corrected chi connectivity index (χ0v) is 21.6. The van der Waals surface area contributed by atoms with Crippen LogP contribution in [0.15, 0.2) is 48.5 Å². The summed E-state index contributed by atoms with van der Waals surface area (Å²) in [5.74, 6) is -1.96. The molecule has 0 aliphatic heterocycles. The first kappa shape index (κ1) is 29.1. The minimum Gasteiger partial charge on any atom is -0.406 e. The molecule has 0 radical (unpaired) electrons. The molecule has 11 heteroatoms. The number of aromatic nitrogens is 2. The number of carbonyl (C=O) groups is 1. The van der Waals surface area contributed by atoms with Crippen molar-refractivity contribution in [3.8, 4) is 11.4 Å². The summed E-state index contributed by atoms with van der Waals surface area (Å²) in [5.41, 5.74) is 1.97. The standard InChI is InChI=1S/C27H31F4N3O4/c1-17(18-8-9-19(23(28)12-18)16-37-11-10-35)25(36)32-15-21-14-24(26(2,3)4)33-34(21)20-6-5-7-22(13-20)38-27(29,30)31/h5-9,12-14,17,35H,10-11,15-16H2,1-4H3,(H,32,36). The van der Waals surface area contributed by atoms with E-state index in [1.165, 1.54) is 35.0 Å². The number of nitrogens with zero attached hydrogens (tertiary/aromatic N) is 2. The lowest BCUT2D eigenvalue weighted by Crippen LogP contribution is -2.28. The highest BCUT2D eigenvalue weighted by molar-refractivity contribution is 5.83. The number of aliphatic hydroxyl groups excluding tert-OH is 1. The van der Waals surface area contributed by atoms with Crippen molar-refractivity contribution in [1.82, 2.24) is 15.1 Å². The molecule has 7 nitrogen and oxygen atoms in total. The Morgan fingerprint density at radius 2 is 1.87 bits per heavy atom. The van der Waals surface area contributed by atoms with Crippen molar-refractivity contribution >= 4 is 5.91 Å². The summed E-state index contributed by atoms with van der Waals surface area (Å²) in [7, 11) is 0. The van der Waals surface area contributed by atoms with Gasteiger partial charge in [0, 0.05) is 17.0 Å². The van der Waals surface area contributed by atoms with Crippen LogP contribution in [0.4, 0.5) is 17.6 Å². The van der Waals surface area contributed by atoms with Crippen molar-refractivity contribution in [2.24, 2.45) is 0 Å². The molecule has 2 N–H and O–H groups in total. The van der Waals surface area contributed by atoms with E-state index in [9.17, 15) is 22.4 Å². The van der Waals surface area contributed by atoms with Crippen molar-refractivity contribution in [3.05, 3.63) is 76.9 Å². The van der Waals surface area contributed by atoms with Gasteiger partial charge in [-0.15, -0.1) is 13.2 Å². The molecule has 2 aromatic carbocycles. The van der Waals surface area contributed by atoms with Crippen molar-refractivity contribution in [2.75, 3.05) is 13.2 Å². The van der Waals surface area contributed by atoms with Gasteiger partial charge in [0.2, 0.25) is 5.91 Å². The third-order valence-corrected chi connectivity index (χ3v) is 5.75. The van der Waals surface area contributed by atoms with Crippen molar-refractivity contribution in [3.63, 3.8) is 0 Å². The molecule has 1 unspecified atom stereocenters. The van der Waals surface area contributed by atoms with Crippen molar-refractivity contribution in [1.29, 1.82) is 0 Å². The van der Waals surface area contributed by atoms with Gasteiger partial charge in [0.15, 0.2) is 0 Å². The number of alkyl halides is 3. The van der Waals surface area contributed by atoms with Gasteiger partial charge in [-0.25, -0.2) is 9.07 Å². The summed E-state index contributed by atoms with van der Waals surface area (Å²) in [4.78, 5) is 12.9. The highest BCUT2D eigenvalue weighted by Crippen LogP contribution is 2.28. The van der Waals surface area contributed by atoms with Crippen LogP contribution in [0.3, 0.4) is 0 Å². The molecule has 1 heterocycles. The molecule has 206 valence electrons. The van der Waals surface area contributed by atoms with Gasteiger partial charge in [-0.05, 0) is 36.8 Å². The minimum atomic E-state index is -4.84. The average Bonchev–Trinajstić information content (AvgIpc) is 3.27. The van der Waals surface area contributed by atoms with Gasteiger partial charge in [0.1, 0.15) is 11.6 Å². The molecule has 0 aliphatic carbocycles. The van der Waals surface area contributed by atoms with Gasteiger partial charge in [-0.1, -0.05) is 39.0 Å². The zero-order valence-electron chi connectivity index (χ0n) is 21.6. The fraction of sp³-hybridized carbons (Fsp3) is 0.407. The molecule has 38 heavy (non-hydrogen) atoms. The number of ether oxygens (including phenoxy) is 2. The largest absolute Gasteiger partial charge is 0.573 e. The lowest BCUT2D eigenvalue weighted by atomic mass is 9.92. The normalized spacial score (nSPS) is 12.9. The maximum atomic E-state index is 14.5. The van der Waals surface area contributed by atoms with Crippen molar-refractivity contribution < 1.29 is 36.9 Å². The van der Waals surface area contributed by atoms with Crippen LogP contribution < -0.4 is 10.1 Å². The summed E-state index contributed by atoms with van der Waals surface area (Å²) in [6, 6.07) is 11.6. The third-order valence-electron chi connectivity index (χ3n) is 5.75. The Kier molecular flexibility index (Phi) is 9.16. The maximum absolute atomic E-state index is 14.5. The number of hydrogen-bond donors (Lipinski definition) is 2. The van der Waals surface area contributed by atoms with Crippen LogP contribution in [0, 0.1) is 5.82 Å². The number of nitrogens with one attached hydrogen (secondary N) is 1. The van der Waals surface area contributed by atoms with Crippen LogP contribution in [0.1, 0.15) is 56.1 Å². The molecule has 3 aromatic rings. The summed E-state index contributed by atoms with van der Waals surface area (Å²) in [6.07, 6.45) is -4.84. The van der Waals surface area contributed by atoms with Gasteiger partial charge in [0.05, 0.1) is 49.4 Å².